The molecule has 0 saturated carbocycles. The molecular weight excluding hydrogens is 226 g/mol. The van der Waals surface area contributed by atoms with Crippen LogP contribution in [0.15, 0.2) is 30.3 Å². The molecule has 1 aromatic carbocycles. The zero-order valence-corrected chi connectivity index (χ0v) is 11.4. The summed E-state index contributed by atoms with van der Waals surface area (Å²) in [5.74, 6) is 0.126. The lowest BCUT2D eigenvalue weighted by Gasteiger charge is -2.24. The van der Waals surface area contributed by atoms with Gasteiger partial charge in [-0.3, -0.25) is 4.79 Å². The number of hydrogen-bond acceptors (Lipinski definition) is 2. The van der Waals surface area contributed by atoms with Crippen molar-refractivity contribution in [2.75, 3.05) is 6.61 Å². The third kappa shape index (κ3) is 3.84. The summed E-state index contributed by atoms with van der Waals surface area (Å²) in [4.78, 5) is 12.3. The minimum absolute atomic E-state index is 0.00269. The summed E-state index contributed by atoms with van der Waals surface area (Å²) in [5, 5.41) is 11.9. The Hall–Kier alpha value is -1.35. The van der Waals surface area contributed by atoms with E-state index in [1.165, 1.54) is 0 Å². The van der Waals surface area contributed by atoms with E-state index in [0.717, 1.165) is 12.0 Å². The zero-order chi connectivity index (χ0) is 13.5. The van der Waals surface area contributed by atoms with Crippen molar-refractivity contribution in [2.24, 2.45) is 5.92 Å². The van der Waals surface area contributed by atoms with Gasteiger partial charge in [-0.15, -0.1) is 0 Å². The smallest absolute Gasteiger partial charge is 0.228 e. The molecule has 1 rings (SSSR count). The fraction of sp³-hybridized carbons (Fsp3) is 0.533. The first-order valence-electron chi connectivity index (χ1n) is 6.56. The maximum atomic E-state index is 12.3. The highest BCUT2D eigenvalue weighted by Gasteiger charge is 2.26. The molecule has 0 bridgehead atoms. The van der Waals surface area contributed by atoms with Gasteiger partial charge in [-0.25, -0.2) is 0 Å². The second kappa shape index (κ2) is 7.17. The molecule has 0 aliphatic rings. The van der Waals surface area contributed by atoms with E-state index in [1.54, 1.807) is 6.92 Å². The predicted molar refractivity (Wildman–Crippen MR) is 73.3 cm³/mol. The molecule has 1 amide bonds. The Morgan fingerprint density at radius 1 is 1.28 bits per heavy atom. The molecular formula is C15H23NO2. The molecule has 100 valence electrons. The van der Waals surface area contributed by atoms with Gasteiger partial charge in [0.15, 0.2) is 0 Å². The van der Waals surface area contributed by atoms with Crippen LogP contribution in [-0.2, 0) is 4.79 Å². The van der Waals surface area contributed by atoms with Crippen molar-refractivity contribution in [3.05, 3.63) is 35.9 Å². The van der Waals surface area contributed by atoms with Gasteiger partial charge in [0.25, 0.3) is 0 Å². The lowest BCUT2D eigenvalue weighted by Crippen LogP contribution is -2.40. The number of aliphatic hydroxyl groups is 1. The fourth-order valence-corrected chi connectivity index (χ4v) is 2.01. The number of rotatable bonds is 6. The van der Waals surface area contributed by atoms with Crippen LogP contribution in [0.3, 0.4) is 0 Å². The summed E-state index contributed by atoms with van der Waals surface area (Å²) in [6.45, 7) is 5.94. The van der Waals surface area contributed by atoms with Gasteiger partial charge in [0.05, 0.1) is 12.5 Å². The van der Waals surface area contributed by atoms with Crippen LogP contribution in [0.2, 0.25) is 0 Å². The minimum atomic E-state index is -0.201. The molecule has 0 aromatic heterocycles. The number of carbonyl (C=O) groups is 1. The highest BCUT2D eigenvalue weighted by molar-refractivity contribution is 5.84. The molecule has 3 atom stereocenters. The van der Waals surface area contributed by atoms with E-state index in [1.807, 2.05) is 30.3 Å². The van der Waals surface area contributed by atoms with E-state index in [-0.39, 0.29) is 30.4 Å². The van der Waals surface area contributed by atoms with Crippen LogP contribution >= 0.6 is 0 Å². The largest absolute Gasteiger partial charge is 0.394 e. The third-order valence-electron chi connectivity index (χ3n) is 3.32. The van der Waals surface area contributed by atoms with Gasteiger partial charge in [-0.1, -0.05) is 50.6 Å². The summed E-state index contributed by atoms with van der Waals surface area (Å²) in [6.07, 6.45) is 0.945. The fourth-order valence-electron chi connectivity index (χ4n) is 2.01. The maximum absolute atomic E-state index is 12.3. The number of aliphatic hydroxyl groups excluding tert-OH is 1. The van der Waals surface area contributed by atoms with E-state index in [9.17, 15) is 4.79 Å². The van der Waals surface area contributed by atoms with Gasteiger partial charge in [0.1, 0.15) is 0 Å². The first-order valence-corrected chi connectivity index (χ1v) is 6.56. The lowest BCUT2D eigenvalue weighted by atomic mass is 9.84. The lowest BCUT2D eigenvalue weighted by molar-refractivity contribution is -0.124. The molecule has 18 heavy (non-hydrogen) atoms. The summed E-state index contributed by atoms with van der Waals surface area (Å²) in [5.41, 5.74) is 1.04. The molecule has 3 unspecified atom stereocenters. The Morgan fingerprint density at radius 3 is 2.39 bits per heavy atom. The van der Waals surface area contributed by atoms with Gasteiger partial charge in [0, 0.05) is 6.04 Å². The highest BCUT2D eigenvalue weighted by atomic mass is 16.3. The Bertz CT molecular complexity index is 364. The number of hydrogen-bond donors (Lipinski definition) is 2. The van der Waals surface area contributed by atoms with Gasteiger partial charge in [-0.05, 0) is 18.4 Å². The molecule has 3 heteroatoms. The first kappa shape index (κ1) is 14.7. The molecule has 0 fully saturated rings. The molecule has 0 aliphatic heterocycles. The van der Waals surface area contributed by atoms with Gasteiger partial charge >= 0.3 is 0 Å². The van der Waals surface area contributed by atoms with Gasteiger partial charge in [0.2, 0.25) is 5.91 Å². The van der Waals surface area contributed by atoms with Crippen molar-refractivity contribution in [3.63, 3.8) is 0 Å². The van der Waals surface area contributed by atoms with Crippen molar-refractivity contribution >= 4 is 5.91 Å². The summed E-state index contributed by atoms with van der Waals surface area (Å²) in [7, 11) is 0. The number of nitrogens with one attached hydrogen (secondary N) is 1. The van der Waals surface area contributed by atoms with Crippen LogP contribution in [0.1, 0.15) is 38.7 Å². The second-order valence-corrected chi connectivity index (χ2v) is 4.87. The van der Waals surface area contributed by atoms with E-state index < -0.39 is 0 Å². The first-order chi connectivity index (χ1) is 8.60. The van der Waals surface area contributed by atoms with Gasteiger partial charge in [-0.2, -0.15) is 0 Å². The van der Waals surface area contributed by atoms with E-state index in [0.29, 0.717) is 0 Å². The average Bonchev–Trinajstić information content (AvgIpc) is 2.39. The zero-order valence-electron chi connectivity index (χ0n) is 11.4. The van der Waals surface area contributed by atoms with Crippen molar-refractivity contribution in [3.8, 4) is 0 Å². The quantitative estimate of drug-likeness (QED) is 0.813. The molecule has 0 radical (unpaired) electrons. The summed E-state index contributed by atoms with van der Waals surface area (Å²) < 4.78 is 0. The topological polar surface area (TPSA) is 49.3 Å². The van der Waals surface area contributed by atoms with Crippen LogP contribution in [0.4, 0.5) is 0 Å². The number of benzene rings is 1. The molecule has 2 N–H and O–H groups in total. The Kier molecular flexibility index (Phi) is 5.86. The Balaban J connectivity index is 2.89. The molecule has 0 aliphatic carbocycles. The second-order valence-electron chi connectivity index (χ2n) is 4.87. The average molecular weight is 249 g/mol. The van der Waals surface area contributed by atoms with Crippen LogP contribution in [0.5, 0.6) is 0 Å². The van der Waals surface area contributed by atoms with Crippen LogP contribution in [0, 0.1) is 5.92 Å². The van der Waals surface area contributed by atoms with E-state index >= 15 is 0 Å². The van der Waals surface area contributed by atoms with Crippen molar-refractivity contribution in [2.45, 2.75) is 39.2 Å². The van der Waals surface area contributed by atoms with Crippen molar-refractivity contribution in [1.29, 1.82) is 0 Å². The molecule has 0 saturated heterocycles. The maximum Gasteiger partial charge on any atom is 0.228 e. The van der Waals surface area contributed by atoms with Gasteiger partial charge < -0.3 is 10.4 Å². The molecule has 1 aromatic rings. The predicted octanol–water partition coefficient (Wildman–Crippen LogP) is 2.31. The summed E-state index contributed by atoms with van der Waals surface area (Å²) >= 11 is 0. The van der Waals surface area contributed by atoms with Crippen molar-refractivity contribution in [1.82, 2.24) is 5.32 Å². The summed E-state index contributed by atoms with van der Waals surface area (Å²) in [6, 6.07) is 9.62. The Morgan fingerprint density at radius 2 is 1.89 bits per heavy atom. The normalized spacial score (nSPS) is 15.8. The highest BCUT2D eigenvalue weighted by Crippen LogP contribution is 2.27. The van der Waals surface area contributed by atoms with Crippen LogP contribution in [-0.4, -0.2) is 23.7 Å². The molecule has 3 nitrogen and oxygen atoms in total. The third-order valence-corrected chi connectivity index (χ3v) is 3.32. The van der Waals surface area contributed by atoms with Crippen LogP contribution in [0.25, 0.3) is 0 Å². The molecule has 0 spiro atoms. The molecule has 0 heterocycles. The Labute approximate surface area is 109 Å². The van der Waals surface area contributed by atoms with Crippen molar-refractivity contribution < 1.29 is 9.90 Å². The SMILES string of the molecule is CCC(C)C(C(=O)NC(C)CO)c1ccccc1. The van der Waals surface area contributed by atoms with Crippen LogP contribution < -0.4 is 5.32 Å². The van der Waals surface area contributed by atoms with E-state index in [2.05, 4.69) is 19.2 Å². The standard InChI is InChI=1S/C15H23NO2/c1-4-11(2)14(13-8-6-5-7-9-13)15(18)16-12(3)10-17/h5-9,11-12,14,17H,4,10H2,1-3H3,(H,16,18). The van der Waals surface area contributed by atoms with E-state index in [4.69, 9.17) is 5.11 Å². The monoisotopic (exact) mass is 249 g/mol. The minimum Gasteiger partial charge on any atom is -0.394 e. The number of amides is 1. The number of carbonyl (C=O) groups excluding carboxylic acids is 1.